The van der Waals surface area contributed by atoms with Gasteiger partial charge in [0.15, 0.2) is 0 Å². The summed E-state index contributed by atoms with van der Waals surface area (Å²) in [5.74, 6) is 1.23. The van der Waals surface area contributed by atoms with Crippen LogP contribution in [0.25, 0.3) is 0 Å². The predicted molar refractivity (Wildman–Crippen MR) is 85.3 cm³/mol. The Bertz CT molecular complexity index is 367. The second-order valence-electron chi connectivity index (χ2n) is 2.85. The normalized spacial score (nSPS) is 6.43. The number of rotatable bonds is 1. The van der Waals surface area contributed by atoms with E-state index < -0.39 is 0 Å². The molecule has 4 heteroatoms. The van der Waals surface area contributed by atoms with E-state index in [1.165, 1.54) is 0 Å². The topological polar surface area (TPSA) is 29.5 Å². The van der Waals surface area contributed by atoms with Gasteiger partial charge in [0.25, 0.3) is 0 Å². The van der Waals surface area contributed by atoms with Crippen LogP contribution in [0.3, 0.4) is 0 Å². The van der Waals surface area contributed by atoms with Gasteiger partial charge in [0.1, 0.15) is 11.5 Å². The van der Waals surface area contributed by atoms with Crippen molar-refractivity contribution in [3.05, 3.63) is 75.5 Å². The van der Waals surface area contributed by atoms with Crippen molar-refractivity contribution in [3.63, 3.8) is 0 Å². The molecular formula is C17H26O2Y2-2. The molecule has 2 aromatic rings. The number of hydrogen-bond acceptors (Lipinski definition) is 2. The van der Waals surface area contributed by atoms with Crippen LogP contribution in [-0.2, 0) is 65.4 Å². The summed E-state index contributed by atoms with van der Waals surface area (Å²) >= 11 is 0. The maximum atomic E-state index is 8.63. The average molecular weight is 440 g/mol. The van der Waals surface area contributed by atoms with E-state index in [1.54, 1.807) is 31.4 Å². The third kappa shape index (κ3) is 20.2. The minimum absolute atomic E-state index is 0. The summed E-state index contributed by atoms with van der Waals surface area (Å²) in [6.45, 7) is 4.00. The van der Waals surface area contributed by atoms with Gasteiger partial charge < -0.3 is 24.7 Å². The zero-order chi connectivity index (χ0) is 12.9. The van der Waals surface area contributed by atoms with E-state index in [9.17, 15) is 0 Å². The van der Waals surface area contributed by atoms with Crippen LogP contribution in [0.4, 0.5) is 0 Å². The largest absolute Gasteiger partial charge is 0.508 e. The molecule has 21 heavy (non-hydrogen) atoms. The first-order chi connectivity index (χ1) is 8.33. The van der Waals surface area contributed by atoms with Crippen molar-refractivity contribution >= 4 is 0 Å². The molecule has 2 radical (unpaired) electrons. The summed E-state index contributed by atoms with van der Waals surface area (Å²) in [6, 6.07) is 18.4. The third-order valence-corrected chi connectivity index (χ3v) is 1.74. The molecule has 0 heterocycles. The van der Waals surface area contributed by atoms with E-state index in [4.69, 9.17) is 9.84 Å². The second kappa shape index (κ2) is 25.2. The number of phenolic OH excluding ortho intramolecular Hbond substituents is 1. The van der Waals surface area contributed by atoms with Crippen LogP contribution < -0.4 is 4.74 Å². The standard InChI is InChI=1S/C7H8O.C6H6O.C2H6.2CH3.2Y/c1-8-7-5-3-2-4-6-7;7-6-4-2-1-3-5-6;1-2;;;;/h2-6H,1H3;1-5,7H;1-2H3;2*1H3;;/q;;;2*-1;;. The number of ether oxygens (including phenoxy) is 1. The van der Waals surface area contributed by atoms with Gasteiger partial charge in [0.2, 0.25) is 0 Å². The molecule has 0 spiro atoms. The number of methoxy groups -OCH3 is 1. The Morgan fingerprint density at radius 3 is 1.24 bits per heavy atom. The summed E-state index contributed by atoms with van der Waals surface area (Å²) in [7, 11) is 1.66. The fraction of sp³-hybridized carbons (Fsp3) is 0.176. The van der Waals surface area contributed by atoms with Crippen molar-refractivity contribution in [2.24, 2.45) is 0 Å². The molecule has 0 aromatic heterocycles. The average Bonchev–Trinajstić information content (AvgIpc) is 2.43. The van der Waals surface area contributed by atoms with Gasteiger partial charge in [-0.05, 0) is 24.3 Å². The monoisotopic (exact) mass is 440 g/mol. The Morgan fingerprint density at radius 2 is 1.05 bits per heavy atom. The van der Waals surface area contributed by atoms with E-state index in [-0.39, 0.29) is 80.3 Å². The summed E-state index contributed by atoms with van der Waals surface area (Å²) in [5.41, 5.74) is 0. The van der Waals surface area contributed by atoms with Crippen LogP contribution in [0, 0.1) is 14.9 Å². The van der Waals surface area contributed by atoms with Gasteiger partial charge in [-0.15, -0.1) is 0 Å². The zero-order valence-corrected chi connectivity index (χ0v) is 19.5. The smallest absolute Gasteiger partial charge is 0.118 e. The minimum atomic E-state index is 0. The molecule has 0 fully saturated rings. The van der Waals surface area contributed by atoms with Crippen molar-refractivity contribution in [3.8, 4) is 11.5 Å². The van der Waals surface area contributed by atoms with E-state index in [0.717, 1.165) is 5.75 Å². The maximum absolute atomic E-state index is 8.63. The molecule has 0 aliphatic heterocycles. The van der Waals surface area contributed by atoms with Crippen molar-refractivity contribution in [2.45, 2.75) is 13.8 Å². The SMILES string of the molecule is CC.COc1ccccc1.Oc1ccccc1.[CH3-].[CH3-].[Y].[Y]. The Kier molecular flexibility index (Phi) is 39.6. The first-order valence-corrected chi connectivity index (χ1v) is 5.66. The van der Waals surface area contributed by atoms with Gasteiger partial charge >= 0.3 is 0 Å². The molecule has 0 amide bonds. The molecule has 2 nitrogen and oxygen atoms in total. The molecule has 0 bridgehead atoms. The van der Waals surface area contributed by atoms with Crippen LogP contribution in [0.15, 0.2) is 60.7 Å². The quantitative estimate of drug-likeness (QED) is 0.632. The summed E-state index contributed by atoms with van der Waals surface area (Å²) in [6.07, 6.45) is 0. The fourth-order valence-electron chi connectivity index (χ4n) is 0.985. The summed E-state index contributed by atoms with van der Waals surface area (Å²) < 4.78 is 4.91. The first kappa shape index (κ1) is 33.0. The molecule has 0 atom stereocenters. The van der Waals surface area contributed by atoms with Gasteiger partial charge in [-0.3, -0.25) is 0 Å². The van der Waals surface area contributed by atoms with Crippen molar-refractivity contribution in [2.75, 3.05) is 7.11 Å². The van der Waals surface area contributed by atoms with E-state index in [1.807, 2.05) is 50.2 Å². The van der Waals surface area contributed by atoms with Crippen LogP contribution in [-0.4, -0.2) is 12.2 Å². The number of phenols is 1. The van der Waals surface area contributed by atoms with Crippen molar-refractivity contribution < 1.29 is 75.3 Å². The van der Waals surface area contributed by atoms with Gasteiger partial charge in [0.05, 0.1) is 7.11 Å². The van der Waals surface area contributed by atoms with E-state index >= 15 is 0 Å². The molecule has 0 unspecified atom stereocenters. The molecule has 0 aliphatic carbocycles. The van der Waals surface area contributed by atoms with Crippen molar-refractivity contribution in [1.82, 2.24) is 0 Å². The van der Waals surface area contributed by atoms with E-state index in [2.05, 4.69) is 0 Å². The van der Waals surface area contributed by atoms with Gasteiger partial charge in [0, 0.05) is 65.4 Å². The Balaban J connectivity index is -0.0000000623. The van der Waals surface area contributed by atoms with Crippen LogP contribution >= 0.6 is 0 Å². The molecule has 0 saturated heterocycles. The number of hydrogen-bond donors (Lipinski definition) is 1. The molecule has 0 saturated carbocycles. The second-order valence-corrected chi connectivity index (χ2v) is 2.85. The van der Waals surface area contributed by atoms with E-state index in [0.29, 0.717) is 5.75 Å². The van der Waals surface area contributed by atoms with Gasteiger partial charge in [-0.25, -0.2) is 0 Å². The Morgan fingerprint density at radius 1 is 0.714 bits per heavy atom. The molecular weight excluding hydrogens is 414 g/mol. The number of benzene rings is 2. The molecule has 0 aliphatic rings. The Hall–Kier alpha value is 0.248. The zero-order valence-electron chi connectivity index (χ0n) is 13.8. The summed E-state index contributed by atoms with van der Waals surface area (Å²) in [5, 5.41) is 8.63. The number of aromatic hydroxyl groups is 1. The van der Waals surface area contributed by atoms with Gasteiger partial charge in [-0.1, -0.05) is 50.2 Å². The third-order valence-electron chi connectivity index (χ3n) is 1.74. The molecule has 114 valence electrons. The summed E-state index contributed by atoms with van der Waals surface area (Å²) in [4.78, 5) is 0. The van der Waals surface area contributed by atoms with Crippen LogP contribution in [0.2, 0.25) is 0 Å². The molecule has 2 aromatic carbocycles. The van der Waals surface area contributed by atoms with Gasteiger partial charge in [-0.2, -0.15) is 0 Å². The minimum Gasteiger partial charge on any atom is -0.508 e. The predicted octanol–water partition coefficient (Wildman–Crippen LogP) is 5.01. The maximum Gasteiger partial charge on any atom is 0.118 e. The van der Waals surface area contributed by atoms with Crippen LogP contribution in [0.1, 0.15) is 13.8 Å². The first-order valence-electron chi connectivity index (χ1n) is 5.66. The van der Waals surface area contributed by atoms with Crippen molar-refractivity contribution in [1.29, 1.82) is 0 Å². The number of para-hydroxylation sites is 2. The van der Waals surface area contributed by atoms with Crippen LogP contribution in [0.5, 0.6) is 11.5 Å². The Labute approximate surface area is 181 Å². The fourth-order valence-corrected chi connectivity index (χ4v) is 0.985. The molecule has 2 rings (SSSR count). The molecule has 1 N–H and O–H groups in total.